The first-order valence-corrected chi connectivity index (χ1v) is 7.97. The maximum Gasteiger partial charge on any atom is 0.336 e. The van der Waals surface area contributed by atoms with Crippen molar-refractivity contribution >= 4 is 22.8 Å². The summed E-state index contributed by atoms with van der Waals surface area (Å²) in [5, 5.41) is 0.860. The van der Waals surface area contributed by atoms with Crippen LogP contribution in [0.3, 0.4) is 0 Å². The number of rotatable bonds is 5. The number of carbonyl (C=O) groups is 1. The minimum atomic E-state index is -0.393. The topological polar surface area (TPSA) is 56.5 Å². The Kier molecular flexibility index (Phi) is 4.80. The van der Waals surface area contributed by atoms with E-state index in [9.17, 15) is 9.59 Å². The molecule has 3 rings (SSSR count). The zero-order valence-electron chi connectivity index (χ0n) is 14.1. The van der Waals surface area contributed by atoms with Gasteiger partial charge in [0.05, 0.1) is 0 Å². The molecule has 0 saturated heterocycles. The SMILES string of the molecule is CC(=O)/C(=C/c1ccccc1)COc1ccc2c(C)cc(=O)oc2c1. The third-order valence-corrected chi connectivity index (χ3v) is 3.91. The van der Waals surface area contributed by atoms with Gasteiger partial charge in [-0.2, -0.15) is 0 Å². The average Bonchev–Trinajstić information content (AvgIpc) is 2.58. The van der Waals surface area contributed by atoms with Crippen LogP contribution in [0.4, 0.5) is 0 Å². The van der Waals surface area contributed by atoms with Crippen LogP contribution < -0.4 is 10.4 Å². The van der Waals surface area contributed by atoms with Gasteiger partial charge >= 0.3 is 5.63 Å². The second kappa shape index (κ2) is 7.18. The summed E-state index contributed by atoms with van der Waals surface area (Å²) in [4.78, 5) is 23.4. The van der Waals surface area contributed by atoms with E-state index in [0.717, 1.165) is 16.5 Å². The molecule has 0 N–H and O–H groups in total. The lowest BCUT2D eigenvalue weighted by molar-refractivity contribution is -0.113. The van der Waals surface area contributed by atoms with Gasteiger partial charge in [-0.25, -0.2) is 4.79 Å². The predicted octanol–water partition coefficient (Wildman–Crippen LogP) is 4.15. The van der Waals surface area contributed by atoms with E-state index in [2.05, 4.69) is 0 Å². The number of fused-ring (bicyclic) bond motifs is 1. The third kappa shape index (κ3) is 4.04. The first-order valence-electron chi connectivity index (χ1n) is 7.97. The Morgan fingerprint density at radius 3 is 2.60 bits per heavy atom. The summed E-state index contributed by atoms with van der Waals surface area (Å²) in [6.07, 6.45) is 1.81. The Labute approximate surface area is 145 Å². The number of ketones is 1. The van der Waals surface area contributed by atoms with Gasteiger partial charge < -0.3 is 9.15 Å². The Balaban J connectivity index is 1.84. The van der Waals surface area contributed by atoms with Gasteiger partial charge in [0.25, 0.3) is 0 Å². The quantitative estimate of drug-likeness (QED) is 0.519. The highest BCUT2D eigenvalue weighted by Crippen LogP contribution is 2.22. The highest BCUT2D eigenvalue weighted by molar-refractivity contribution is 5.98. The van der Waals surface area contributed by atoms with E-state index in [1.165, 1.54) is 13.0 Å². The molecule has 0 aliphatic heterocycles. The molecule has 0 unspecified atom stereocenters. The molecule has 0 aliphatic carbocycles. The number of carbonyl (C=O) groups excluding carboxylic acids is 1. The van der Waals surface area contributed by atoms with E-state index >= 15 is 0 Å². The average molecular weight is 334 g/mol. The Morgan fingerprint density at radius 1 is 1.12 bits per heavy atom. The molecule has 0 fully saturated rings. The lowest BCUT2D eigenvalue weighted by Gasteiger charge is -2.09. The fourth-order valence-electron chi connectivity index (χ4n) is 2.55. The molecule has 1 aromatic heterocycles. The molecule has 4 heteroatoms. The maximum absolute atomic E-state index is 11.9. The van der Waals surface area contributed by atoms with Crippen molar-refractivity contribution in [3.8, 4) is 5.75 Å². The first-order chi connectivity index (χ1) is 12.0. The number of ether oxygens (including phenoxy) is 1. The molecule has 126 valence electrons. The Morgan fingerprint density at radius 2 is 1.88 bits per heavy atom. The Bertz CT molecular complexity index is 997. The molecule has 4 nitrogen and oxygen atoms in total. The molecule has 25 heavy (non-hydrogen) atoms. The highest BCUT2D eigenvalue weighted by atomic mass is 16.5. The summed E-state index contributed by atoms with van der Waals surface area (Å²) in [7, 11) is 0. The number of Topliss-reactive ketones (excluding diaryl/α,β-unsaturated/α-hetero) is 1. The van der Waals surface area contributed by atoms with Crippen LogP contribution in [0.25, 0.3) is 17.0 Å². The van der Waals surface area contributed by atoms with Crippen LogP contribution in [0.2, 0.25) is 0 Å². The fourth-order valence-corrected chi connectivity index (χ4v) is 2.55. The molecule has 0 atom stereocenters. The van der Waals surface area contributed by atoms with Crippen molar-refractivity contribution in [1.29, 1.82) is 0 Å². The second-order valence-electron chi connectivity index (χ2n) is 5.83. The van der Waals surface area contributed by atoms with Crippen molar-refractivity contribution in [2.45, 2.75) is 13.8 Å². The van der Waals surface area contributed by atoms with Gasteiger partial charge in [0, 0.05) is 23.1 Å². The van der Waals surface area contributed by atoms with Gasteiger partial charge in [-0.05, 0) is 43.2 Å². The molecule has 0 spiro atoms. The molecule has 0 amide bonds. The predicted molar refractivity (Wildman–Crippen MR) is 97.8 cm³/mol. The fraction of sp³-hybridized carbons (Fsp3) is 0.143. The molecular formula is C21H18O4. The number of benzene rings is 2. The van der Waals surface area contributed by atoms with Crippen molar-refractivity contribution < 1.29 is 13.9 Å². The lowest BCUT2D eigenvalue weighted by Crippen LogP contribution is -2.08. The van der Waals surface area contributed by atoms with Gasteiger partial charge in [0.15, 0.2) is 5.78 Å². The summed E-state index contributed by atoms with van der Waals surface area (Å²) in [6.45, 7) is 3.52. The Hall–Kier alpha value is -3.14. The minimum absolute atomic E-state index is 0.0491. The van der Waals surface area contributed by atoms with E-state index in [1.54, 1.807) is 12.1 Å². The summed E-state index contributed by atoms with van der Waals surface area (Å²) >= 11 is 0. The maximum atomic E-state index is 11.9. The van der Waals surface area contributed by atoms with Crippen LogP contribution >= 0.6 is 0 Å². The molecule has 1 heterocycles. The third-order valence-electron chi connectivity index (χ3n) is 3.91. The molecule has 2 aromatic carbocycles. The molecule has 3 aromatic rings. The van der Waals surface area contributed by atoms with Gasteiger partial charge in [-0.1, -0.05) is 30.3 Å². The van der Waals surface area contributed by atoms with Gasteiger partial charge in [0.1, 0.15) is 17.9 Å². The molecule has 0 aliphatic rings. The smallest absolute Gasteiger partial charge is 0.336 e. The lowest BCUT2D eigenvalue weighted by atomic mass is 10.1. The van der Waals surface area contributed by atoms with Crippen molar-refractivity contribution in [2.24, 2.45) is 0 Å². The van der Waals surface area contributed by atoms with Crippen molar-refractivity contribution in [2.75, 3.05) is 6.61 Å². The summed E-state index contributed by atoms with van der Waals surface area (Å²) < 4.78 is 11.0. The standard InChI is InChI=1S/C21H18O4/c1-14-10-21(23)25-20-12-18(8-9-19(14)20)24-13-17(15(2)22)11-16-6-4-3-5-7-16/h3-12H,13H2,1-2H3/b17-11+. The molecular weight excluding hydrogens is 316 g/mol. The van der Waals surface area contributed by atoms with Crippen molar-refractivity contribution in [3.05, 3.63) is 81.7 Å². The van der Waals surface area contributed by atoms with Gasteiger partial charge in [0.2, 0.25) is 0 Å². The van der Waals surface area contributed by atoms with Crippen LogP contribution in [0, 0.1) is 6.92 Å². The van der Waals surface area contributed by atoms with Crippen molar-refractivity contribution in [1.82, 2.24) is 0 Å². The van der Waals surface area contributed by atoms with Crippen LogP contribution in [-0.4, -0.2) is 12.4 Å². The number of hydrogen-bond donors (Lipinski definition) is 0. The number of aryl methyl sites for hydroxylation is 1. The van der Waals surface area contributed by atoms with Crippen molar-refractivity contribution in [3.63, 3.8) is 0 Å². The summed E-state index contributed by atoms with van der Waals surface area (Å²) in [6, 6.07) is 16.4. The molecule has 0 saturated carbocycles. The molecule has 0 bridgehead atoms. The monoisotopic (exact) mass is 334 g/mol. The van der Waals surface area contributed by atoms with E-state index < -0.39 is 5.63 Å². The van der Waals surface area contributed by atoms with Crippen LogP contribution in [-0.2, 0) is 4.79 Å². The zero-order chi connectivity index (χ0) is 17.8. The summed E-state index contributed by atoms with van der Waals surface area (Å²) in [5.41, 5.74) is 2.44. The molecule has 0 radical (unpaired) electrons. The van der Waals surface area contributed by atoms with E-state index in [1.807, 2.05) is 49.4 Å². The zero-order valence-corrected chi connectivity index (χ0v) is 14.1. The van der Waals surface area contributed by atoms with Crippen LogP contribution in [0.5, 0.6) is 5.75 Å². The summed E-state index contributed by atoms with van der Waals surface area (Å²) in [5.74, 6) is 0.494. The minimum Gasteiger partial charge on any atom is -0.489 e. The van der Waals surface area contributed by atoms with Crippen LogP contribution in [0.1, 0.15) is 18.1 Å². The van der Waals surface area contributed by atoms with E-state index in [0.29, 0.717) is 16.9 Å². The largest absolute Gasteiger partial charge is 0.489 e. The number of hydrogen-bond acceptors (Lipinski definition) is 4. The van der Waals surface area contributed by atoms with Gasteiger partial charge in [-0.15, -0.1) is 0 Å². The second-order valence-corrected chi connectivity index (χ2v) is 5.83. The first kappa shape index (κ1) is 16.7. The highest BCUT2D eigenvalue weighted by Gasteiger charge is 2.08. The normalized spacial score (nSPS) is 11.5. The van der Waals surface area contributed by atoms with E-state index in [4.69, 9.17) is 9.15 Å². The van der Waals surface area contributed by atoms with Crippen LogP contribution in [0.15, 0.2) is 69.4 Å². The van der Waals surface area contributed by atoms with Gasteiger partial charge in [-0.3, -0.25) is 4.79 Å². The van der Waals surface area contributed by atoms with E-state index in [-0.39, 0.29) is 12.4 Å².